The van der Waals surface area contributed by atoms with E-state index in [1.807, 2.05) is 6.20 Å². The molecule has 0 spiro atoms. The topological polar surface area (TPSA) is 125 Å². The van der Waals surface area contributed by atoms with Gasteiger partial charge in [0.1, 0.15) is 0 Å². The molecule has 2 aliphatic rings. The first kappa shape index (κ1) is 24.4. The number of carbonyl (C=O) groups excluding carboxylic acids is 1. The van der Waals surface area contributed by atoms with E-state index in [0.29, 0.717) is 25.6 Å². The maximum Gasteiger partial charge on any atom is 0.243 e. The van der Waals surface area contributed by atoms with Crippen molar-refractivity contribution in [2.45, 2.75) is 37.1 Å². The van der Waals surface area contributed by atoms with E-state index >= 15 is 0 Å². The second kappa shape index (κ2) is 10.2. The Kier molecular flexibility index (Phi) is 7.75. The van der Waals surface area contributed by atoms with Crippen molar-refractivity contribution in [3.8, 4) is 0 Å². The summed E-state index contributed by atoms with van der Waals surface area (Å²) in [4.78, 5) is 12.3. The molecule has 3 N–H and O–H groups in total. The molecule has 11 heteroatoms. The number of hydrogen-bond donors (Lipinski definition) is 3. The van der Waals surface area contributed by atoms with Crippen molar-refractivity contribution in [2.75, 3.05) is 26.2 Å². The number of carbonyl (C=O) groups is 1. The lowest BCUT2D eigenvalue weighted by Gasteiger charge is -2.17. The number of sulfonamides is 2. The van der Waals surface area contributed by atoms with E-state index in [1.54, 1.807) is 12.1 Å². The highest BCUT2D eigenvalue weighted by atomic mass is 32.2. The summed E-state index contributed by atoms with van der Waals surface area (Å²) in [5, 5.41) is 6.92. The molecule has 32 heavy (non-hydrogen) atoms. The number of nitrogens with one attached hydrogen (secondary N) is 3. The van der Waals surface area contributed by atoms with Crippen LogP contribution in [-0.4, -0.2) is 59.3 Å². The Balaban J connectivity index is 1.52. The SMILES string of the molecule is C=CS(=O)(=O)NC[C@H]1CCN(S(=O)(=O)c2ccc(CC(=O)NCC3=CNC(C)C3)cc2)C1. The van der Waals surface area contributed by atoms with E-state index < -0.39 is 20.0 Å². The summed E-state index contributed by atoms with van der Waals surface area (Å²) < 4.78 is 52.6. The largest absolute Gasteiger partial charge is 0.388 e. The van der Waals surface area contributed by atoms with Gasteiger partial charge >= 0.3 is 0 Å². The van der Waals surface area contributed by atoms with Gasteiger partial charge in [0, 0.05) is 37.6 Å². The predicted octanol–water partition coefficient (Wildman–Crippen LogP) is 0.685. The van der Waals surface area contributed by atoms with Crippen LogP contribution in [0.2, 0.25) is 0 Å². The molecule has 2 heterocycles. The third-order valence-corrected chi connectivity index (χ3v) is 8.51. The quantitative estimate of drug-likeness (QED) is 0.451. The van der Waals surface area contributed by atoms with E-state index in [9.17, 15) is 21.6 Å². The molecule has 0 aromatic heterocycles. The fourth-order valence-electron chi connectivity index (χ4n) is 3.76. The van der Waals surface area contributed by atoms with Crippen LogP contribution in [0.5, 0.6) is 0 Å². The van der Waals surface area contributed by atoms with Crippen LogP contribution in [-0.2, 0) is 31.3 Å². The normalized spacial score (nSPS) is 21.7. The molecule has 2 aliphatic heterocycles. The van der Waals surface area contributed by atoms with Gasteiger partial charge in [-0.1, -0.05) is 18.7 Å². The van der Waals surface area contributed by atoms with Gasteiger partial charge in [0.25, 0.3) is 0 Å². The third-order valence-electron chi connectivity index (χ3n) is 5.62. The highest BCUT2D eigenvalue weighted by molar-refractivity contribution is 7.92. The zero-order valence-corrected chi connectivity index (χ0v) is 19.7. The lowest BCUT2D eigenvalue weighted by atomic mass is 10.1. The predicted molar refractivity (Wildman–Crippen MR) is 122 cm³/mol. The van der Waals surface area contributed by atoms with Gasteiger partial charge in [-0.25, -0.2) is 21.6 Å². The average molecular weight is 483 g/mol. The molecule has 2 atom stereocenters. The van der Waals surface area contributed by atoms with Gasteiger partial charge in [-0.3, -0.25) is 4.79 Å². The van der Waals surface area contributed by atoms with Crippen molar-refractivity contribution in [3.05, 3.63) is 53.6 Å². The third kappa shape index (κ3) is 6.41. The summed E-state index contributed by atoms with van der Waals surface area (Å²) in [5.41, 5.74) is 1.87. The van der Waals surface area contributed by atoms with E-state index in [1.165, 1.54) is 16.4 Å². The Labute approximate surface area is 190 Å². The zero-order chi connectivity index (χ0) is 23.4. The Hall–Kier alpha value is -2.21. The van der Waals surface area contributed by atoms with E-state index in [0.717, 1.165) is 23.0 Å². The van der Waals surface area contributed by atoms with Crippen LogP contribution in [0.25, 0.3) is 0 Å². The maximum atomic E-state index is 12.9. The van der Waals surface area contributed by atoms with Crippen molar-refractivity contribution in [3.63, 3.8) is 0 Å². The second-order valence-electron chi connectivity index (χ2n) is 8.25. The minimum Gasteiger partial charge on any atom is -0.388 e. The van der Waals surface area contributed by atoms with Gasteiger partial charge < -0.3 is 10.6 Å². The number of hydrogen-bond acceptors (Lipinski definition) is 6. The number of benzene rings is 1. The molecule has 0 radical (unpaired) electrons. The number of rotatable bonds is 10. The lowest BCUT2D eigenvalue weighted by molar-refractivity contribution is -0.120. The molecule has 0 saturated carbocycles. The van der Waals surface area contributed by atoms with Crippen LogP contribution in [0.3, 0.4) is 0 Å². The summed E-state index contributed by atoms with van der Waals surface area (Å²) >= 11 is 0. The smallest absolute Gasteiger partial charge is 0.243 e. The Morgan fingerprint density at radius 3 is 2.59 bits per heavy atom. The second-order valence-corrected chi connectivity index (χ2v) is 11.9. The number of nitrogens with zero attached hydrogens (tertiary/aromatic N) is 1. The molecule has 1 aromatic carbocycles. The molecule has 3 rings (SSSR count). The van der Waals surface area contributed by atoms with Crippen molar-refractivity contribution in [1.29, 1.82) is 0 Å². The molecule has 1 saturated heterocycles. The fourth-order valence-corrected chi connectivity index (χ4v) is 5.87. The molecule has 0 bridgehead atoms. The van der Waals surface area contributed by atoms with Gasteiger partial charge in [0.2, 0.25) is 26.0 Å². The highest BCUT2D eigenvalue weighted by Crippen LogP contribution is 2.24. The molecule has 0 aliphatic carbocycles. The molecule has 9 nitrogen and oxygen atoms in total. The fraction of sp³-hybridized carbons (Fsp3) is 0.476. The van der Waals surface area contributed by atoms with Gasteiger partial charge in [0.15, 0.2) is 0 Å². The standard InChI is InChI=1S/C21H30N4O5S2/c1-3-31(27,28)24-14-18-8-9-25(15-18)32(29,30)20-6-4-17(5-7-20)11-21(26)23-13-19-10-16(2)22-12-19/h3-7,12,16,18,22,24H,1,8-11,13-15H2,2H3,(H,23,26)/t16?,18-/m1/s1. The van der Waals surface area contributed by atoms with Crippen molar-refractivity contribution >= 4 is 26.0 Å². The van der Waals surface area contributed by atoms with Crippen LogP contribution < -0.4 is 15.4 Å². The highest BCUT2D eigenvalue weighted by Gasteiger charge is 2.32. The molecule has 1 aromatic rings. The first-order valence-electron chi connectivity index (χ1n) is 10.5. The van der Waals surface area contributed by atoms with Gasteiger partial charge in [-0.15, -0.1) is 0 Å². The molecular formula is C21H30N4O5S2. The minimum absolute atomic E-state index is 0.101. The summed E-state index contributed by atoms with van der Waals surface area (Å²) in [6, 6.07) is 6.71. The number of amides is 1. The van der Waals surface area contributed by atoms with Crippen LogP contribution in [0.1, 0.15) is 25.3 Å². The molecule has 176 valence electrons. The molecular weight excluding hydrogens is 452 g/mol. The summed E-state index contributed by atoms with van der Waals surface area (Å²) in [5.74, 6) is -0.221. The van der Waals surface area contributed by atoms with Crippen LogP contribution in [0.4, 0.5) is 0 Å². The summed E-state index contributed by atoms with van der Waals surface area (Å²) in [6.45, 7) is 6.56. The van der Waals surface area contributed by atoms with Crippen molar-refractivity contribution < 1.29 is 21.6 Å². The Bertz CT molecular complexity index is 1080. The van der Waals surface area contributed by atoms with E-state index in [2.05, 4.69) is 28.9 Å². The average Bonchev–Trinajstić information content (AvgIpc) is 3.41. The lowest BCUT2D eigenvalue weighted by Crippen LogP contribution is -2.32. The zero-order valence-electron chi connectivity index (χ0n) is 18.1. The van der Waals surface area contributed by atoms with Gasteiger partial charge in [0.05, 0.1) is 11.3 Å². The van der Waals surface area contributed by atoms with Crippen LogP contribution in [0.15, 0.2) is 52.9 Å². The molecule has 1 unspecified atom stereocenters. The molecule has 1 amide bonds. The van der Waals surface area contributed by atoms with Crippen molar-refractivity contribution in [2.24, 2.45) is 5.92 Å². The van der Waals surface area contributed by atoms with Crippen molar-refractivity contribution in [1.82, 2.24) is 19.7 Å². The monoisotopic (exact) mass is 482 g/mol. The van der Waals surface area contributed by atoms with Crippen LogP contribution in [0, 0.1) is 5.92 Å². The maximum absolute atomic E-state index is 12.9. The van der Waals surface area contributed by atoms with E-state index in [-0.39, 0.29) is 36.2 Å². The summed E-state index contributed by atoms with van der Waals surface area (Å²) in [6.07, 6.45) is 3.58. The first-order chi connectivity index (χ1) is 15.1. The van der Waals surface area contributed by atoms with Crippen LogP contribution >= 0.6 is 0 Å². The Morgan fingerprint density at radius 2 is 1.97 bits per heavy atom. The summed E-state index contributed by atoms with van der Waals surface area (Å²) in [7, 11) is -7.21. The Morgan fingerprint density at radius 1 is 1.25 bits per heavy atom. The van der Waals surface area contributed by atoms with Gasteiger partial charge in [-0.2, -0.15) is 4.31 Å². The molecule has 1 fully saturated rings. The first-order valence-corrected chi connectivity index (χ1v) is 13.5. The van der Waals surface area contributed by atoms with E-state index in [4.69, 9.17) is 0 Å². The minimum atomic E-state index is -3.68. The van der Waals surface area contributed by atoms with Gasteiger partial charge in [-0.05, 0) is 55.2 Å².